The van der Waals surface area contributed by atoms with Gasteiger partial charge in [-0.25, -0.2) is 0 Å². The molecule has 1 saturated heterocycles. The molecule has 1 fully saturated rings. The van der Waals surface area contributed by atoms with Crippen LogP contribution in [0.5, 0.6) is 0 Å². The molecule has 2 aromatic rings. The molecular formula is C24H28ClN3O3. The summed E-state index contributed by atoms with van der Waals surface area (Å²) < 4.78 is 0. The van der Waals surface area contributed by atoms with Crippen molar-refractivity contribution in [3.63, 3.8) is 0 Å². The molecule has 7 heteroatoms. The Morgan fingerprint density at radius 2 is 1.48 bits per heavy atom. The minimum atomic E-state index is -0.731. The summed E-state index contributed by atoms with van der Waals surface area (Å²) in [7, 11) is 0. The topological polar surface area (TPSA) is 69.7 Å². The summed E-state index contributed by atoms with van der Waals surface area (Å²) in [5.74, 6) is -0.168. The number of amides is 3. The van der Waals surface area contributed by atoms with Crippen molar-refractivity contribution in [1.29, 1.82) is 0 Å². The fourth-order valence-electron chi connectivity index (χ4n) is 3.61. The highest BCUT2D eigenvalue weighted by Crippen LogP contribution is 2.19. The second-order valence-electron chi connectivity index (χ2n) is 8.13. The molecule has 1 atom stereocenters. The number of carbonyl (C=O) groups is 3. The normalized spacial score (nSPS) is 15.0. The number of piperazine rings is 1. The predicted octanol–water partition coefficient (Wildman–Crippen LogP) is 3.53. The summed E-state index contributed by atoms with van der Waals surface area (Å²) in [5.41, 5.74) is 1.33. The molecule has 0 aromatic heterocycles. The minimum Gasteiger partial charge on any atom is -0.341 e. The maximum absolute atomic E-state index is 13.3. The lowest BCUT2D eigenvalue weighted by molar-refractivity contribution is -0.138. The molecule has 2 aromatic carbocycles. The SMILES string of the molecule is CC(C)CC(=O)NC(C(=O)N1CCN(C(=O)c2ccc(Cl)cc2)CC1)c1ccccc1. The molecule has 0 bridgehead atoms. The predicted molar refractivity (Wildman–Crippen MR) is 121 cm³/mol. The largest absolute Gasteiger partial charge is 0.341 e. The monoisotopic (exact) mass is 441 g/mol. The summed E-state index contributed by atoms with van der Waals surface area (Å²) >= 11 is 5.90. The molecule has 3 rings (SSSR count). The molecule has 3 amide bonds. The number of hydrogen-bond acceptors (Lipinski definition) is 3. The summed E-state index contributed by atoms with van der Waals surface area (Å²) in [4.78, 5) is 41.9. The van der Waals surface area contributed by atoms with E-state index in [9.17, 15) is 14.4 Å². The summed E-state index contributed by atoms with van der Waals surface area (Å²) in [6.07, 6.45) is 0.361. The zero-order chi connectivity index (χ0) is 22.4. The number of halogens is 1. The Labute approximate surface area is 188 Å². The highest BCUT2D eigenvalue weighted by molar-refractivity contribution is 6.30. The van der Waals surface area contributed by atoms with Crippen LogP contribution in [0.3, 0.4) is 0 Å². The quantitative estimate of drug-likeness (QED) is 0.745. The van der Waals surface area contributed by atoms with Gasteiger partial charge in [-0.05, 0) is 35.7 Å². The first-order valence-corrected chi connectivity index (χ1v) is 10.9. The van der Waals surface area contributed by atoms with Gasteiger partial charge in [-0.15, -0.1) is 0 Å². The molecule has 0 saturated carbocycles. The van der Waals surface area contributed by atoms with Gasteiger partial charge in [-0.3, -0.25) is 14.4 Å². The minimum absolute atomic E-state index is 0.0754. The lowest BCUT2D eigenvalue weighted by Crippen LogP contribution is -2.53. The van der Waals surface area contributed by atoms with Crippen LogP contribution in [0.4, 0.5) is 0 Å². The lowest BCUT2D eigenvalue weighted by atomic mass is 10.0. The fraction of sp³-hybridized carbons (Fsp3) is 0.375. The van der Waals surface area contributed by atoms with Crippen molar-refractivity contribution in [2.75, 3.05) is 26.2 Å². The summed E-state index contributed by atoms with van der Waals surface area (Å²) in [6.45, 7) is 5.65. The highest BCUT2D eigenvalue weighted by Gasteiger charge is 2.31. The van der Waals surface area contributed by atoms with E-state index < -0.39 is 6.04 Å². The smallest absolute Gasteiger partial charge is 0.253 e. The summed E-state index contributed by atoms with van der Waals surface area (Å²) in [5, 5.41) is 3.49. The maximum Gasteiger partial charge on any atom is 0.253 e. The Kier molecular flexibility index (Phi) is 7.69. The highest BCUT2D eigenvalue weighted by atomic mass is 35.5. The van der Waals surface area contributed by atoms with Gasteiger partial charge in [0.15, 0.2) is 0 Å². The molecule has 0 aliphatic carbocycles. The van der Waals surface area contributed by atoms with Gasteiger partial charge in [0, 0.05) is 43.2 Å². The van der Waals surface area contributed by atoms with E-state index in [1.807, 2.05) is 44.2 Å². The van der Waals surface area contributed by atoms with Gasteiger partial charge in [0.05, 0.1) is 0 Å². The van der Waals surface area contributed by atoms with E-state index in [1.165, 1.54) is 0 Å². The third-order valence-electron chi connectivity index (χ3n) is 5.25. The molecule has 6 nitrogen and oxygen atoms in total. The van der Waals surface area contributed by atoms with Gasteiger partial charge in [0.2, 0.25) is 11.8 Å². The number of hydrogen-bond donors (Lipinski definition) is 1. The van der Waals surface area contributed by atoms with Crippen molar-refractivity contribution < 1.29 is 14.4 Å². The Morgan fingerprint density at radius 3 is 2.06 bits per heavy atom. The fourth-order valence-corrected chi connectivity index (χ4v) is 3.74. The van der Waals surface area contributed by atoms with Crippen molar-refractivity contribution in [3.8, 4) is 0 Å². The lowest BCUT2D eigenvalue weighted by Gasteiger charge is -2.36. The van der Waals surface area contributed by atoms with Crippen LogP contribution in [0.15, 0.2) is 54.6 Å². The van der Waals surface area contributed by atoms with Crippen LogP contribution in [0.25, 0.3) is 0 Å². The van der Waals surface area contributed by atoms with E-state index in [1.54, 1.807) is 34.1 Å². The van der Waals surface area contributed by atoms with Crippen molar-refractivity contribution in [2.45, 2.75) is 26.3 Å². The van der Waals surface area contributed by atoms with Gasteiger partial charge >= 0.3 is 0 Å². The van der Waals surface area contributed by atoms with Crippen LogP contribution in [-0.4, -0.2) is 53.7 Å². The number of nitrogens with one attached hydrogen (secondary N) is 1. The van der Waals surface area contributed by atoms with Crippen LogP contribution in [0.2, 0.25) is 5.02 Å². The van der Waals surface area contributed by atoms with Gasteiger partial charge < -0.3 is 15.1 Å². The first-order valence-electron chi connectivity index (χ1n) is 10.5. The third kappa shape index (κ3) is 6.07. The molecule has 1 heterocycles. The van der Waals surface area contributed by atoms with E-state index >= 15 is 0 Å². The molecular weight excluding hydrogens is 414 g/mol. The van der Waals surface area contributed by atoms with Gasteiger partial charge in [0.1, 0.15) is 6.04 Å². The number of nitrogens with zero attached hydrogens (tertiary/aromatic N) is 2. The summed E-state index contributed by atoms with van der Waals surface area (Å²) in [6, 6.07) is 15.3. The van der Waals surface area contributed by atoms with Crippen LogP contribution in [0.1, 0.15) is 42.2 Å². The molecule has 0 spiro atoms. The molecule has 1 N–H and O–H groups in total. The zero-order valence-electron chi connectivity index (χ0n) is 17.9. The van der Waals surface area contributed by atoms with Crippen molar-refractivity contribution in [1.82, 2.24) is 15.1 Å². The van der Waals surface area contributed by atoms with Gasteiger partial charge in [0.25, 0.3) is 5.91 Å². The third-order valence-corrected chi connectivity index (χ3v) is 5.50. The van der Waals surface area contributed by atoms with Crippen molar-refractivity contribution >= 4 is 29.3 Å². The molecule has 31 heavy (non-hydrogen) atoms. The Morgan fingerprint density at radius 1 is 0.903 bits per heavy atom. The maximum atomic E-state index is 13.3. The Bertz CT molecular complexity index is 907. The van der Waals surface area contributed by atoms with E-state index in [2.05, 4.69) is 5.32 Å². The molecule has 1 aliphatic heterocycles. The Hall–Kier alpha value is -2.86. The molecule has 0 radical (unpaired) electrons. The molecule has 1 aliphatic rings. The number of carbonyl (C=O) groups excluding carboxylic acids is 3. The van der Waals surface area contributed by atoms with Crippen molar-refractivity contribution in [3.05, 3.63) is 70.7 Å². The van der Waals surface area contributed by atoms with Crippen LogP contribution in [-0.2, 0) is 9.59 Å². The van der Waals surface area contributed by atoms with E-state index in [4.69, 9.17) is 11.6 Å². The molecule has 1 unspecified atom stereocenters. The zero-order valence-corrected chi connectivity index (χ0v) is 18.6. The van der Waals surface area contributed by atoms with Crippen LogP contribution >= 0.6 is 11.6 Å². The van der Waals surface area contributed by atoms with E-state index in [0.717, 1.165) is 5.56 Å². The number of benzene rings is 2. The first kappa shape index (κ1) is 22.8. The standard InChI is InChI=1S/C24H28ClN3O3/c1-17(2)16-21(29)26-22(18-6-4-3-5-7-18)24(31)28-14-12-27(13-15-28)23(30)19-8-10-20(25)11-9-19/h3-11,17,22H,12-16H2,1-2H3,(H,26,29). The average molecular weight is 442 g/mol. The second kappa shape index (κ2) is 10.4. The number of rotatable bonds is 6. The second-order valence-corrected chi connectivity index (χ2v) is 8.57. The van der Waals surface area contributed by atoms with Crippen LogP contribution in [0, 0.1) is 5.92 Å². The van der Waals surface area contributed by atoms with Gasteiger partial charge in [-0.1, -0.05) is 55.8 Å². The molecule has 164 valence electrons. The Balaban J connectivity index is 1.66. The van der Waals surface area contributed by atoms with Crippen LogP contribution < -0.4 is 5.32 Å². The first-order chi connectivity index (χ1) is 14.8. The van der Waals surface area contributed by atoms with Gasteiger partial charge in [-0.2, -0.15) is 0 Å². The average Bonchev–Trinajstić information content (AvgIpc) is 2.77. The van der Waals surface area contributed by atoms with E-state index in [-0.39, 0.29) is 23.6 Å². The van der Waals surface area contributed by atoms with Crippen molar-refractivity contribution in [2.24, 2.45) is 5.92 Å². The van der Waals surface area contributed by atoms with E-state index in [0.29, 0.717) is 43.2 Å².